The van der Waals surface area contributed by atoms with Crippen molar-refractivity contribution in [1.82, 2.24) is 19.9 Å². The van der Waals surface area contributed by atoms with Crippen molar-refractivity contribution in [3.63, 3.8) is 0 Å². The number of nitrogens with zero attached hydrogens (tertiary/aromatic N) is 7. The summed E-state index contributed by atoms with van der Waals surface area (Å²) in [5, 5.41) is 29.1. The first kappa shape index (κ1) is 68.5. The van der Waals surface area contributed by atoms with Crippen molar-refractivity contribution in [3.05, 3.63) is 160 Å². The molecule has 6 heterocycles. The third kappa shape index (κ3) is 13.1. The molecule has 5 aromatic carbocycles. The summed E-state index contributed by atoms with van der Waals surface area (Å²) >= 11 is 0. The molecule has 2 amide bonds. The Morgan fingerprint density at radius 1 is 0.500 bits per heavy atom. The molecule has 0 atom stereocenters. The van der Waals surface area contributed by atoms with Gasteiger partial charge in [0.05, 0.1) is 34.6 Å². The Bertz CT molecular complexity index is 3030. The van der Waals surface area contributed by atoms with E-state index >= 15 is 0 Å². The van der Waals surface area contributed by atoms with Crippen molar-refractivity contribution in [3.8, 4) is 45.0 Å². The molecule has 0 unspecified atom stereocenters. The first-order chi connectivity index (χ1) is 30.1. The van der Waals surface area contributed by atoms with Gasteiger partial charge in [0.25, 0.3) is 0 Å². The number of imide groups is 1. The van der Waals surface area contributed by atoms with Gasteiger partial charge in [0, 0.05) is 158 Å². The number of amides is 2. The van der Waals surface area contributed by atoms with Gasteiger partial charge < -0.3 is 45.7 Å². The average molecular weight is 1490 g/mol. The minimum Gasteiger partial charge on any atom is -0.656 e. The predicted octanol–water partition coefficient (Wildman–Crippen LogP) is 2.67. The monoisotopic (exact) mass is 1490 g/mol. The zero-order valence-corrected chi connectivity index (χ0v) is 60.6. The minimum atomic E-state index is -0.995. The van der Waals surface area contributed by atoms with Crippen LogP contribution in [-0.4, -0.2) is 38.7 Å². The van der Waals surface area contributed by atoms with Crippen LogP contribution in [0.2, 0.25) is 0 Å². The van der Waals surface area contributed by atoms with Crippen LogP contribution in [0.25, 0.3) is 94.0 Å². The van der Waals surface area contributed by atoms with E-state index in [1.165, 1.54) is 6.92 Å². The van der Waals surface area contributed by atoms with E-state index in [-0.39, 0.29) is 225 Å². The summed E-state index contributed by atoms with van der Waals surface area (Å²) in [4.78, 5) is 52.5. The van der Waals surface area contributed by atoms with E-state index in [0.29, 0.717) is 11.1 Å². The van der Waals surface area contributed by atoms with Crippen molar-refractivity contribution in [2.45, 2.75) is 41.0 Å². The Morgan fingerprint density at radius 2 is 0.700 bits per heavy atom. The fourth-order valence-electron chi connectivity index (χ4n) is 8.32. The molecule has 13 nitrogen and oxygen atoms in total. The number of carboxylic acids is 1. The number of aliphatic carboxylic acids is 1. The largest absolute Gasteiger partial charge is 2.00 e. The second-order valence-corrected chi connectivity index (χ2v) is 14.9. The smallest absolute Gasteiger partial charge is 0.656 e. The van der Waals surface area contributed by atoms with Crippen LogP contribution in [0, 0.1) is 127 Å². The molecule has 11 rings (SSSR count). The summed E-state index contributed by atoms with van der Waals surface area (Å²) in [5.41, 5.74) is 17.3. The molecule has 0 aliphatic carbocycles. The second kappa shape index (κ2) is 30.1. The number of benzene rings is 5. The van der Waals surface area contributed by atoms with E-state index in [2.05, 4.69) is 130 Å². The third-order valence-electron chi connectivity index (χ3n) is 11.4. The first-order valence-electron chi connectivity index (χ1n) is 19.9. The summed E-state index contributed by atoms with van der Waals surface area (Å²) in [6, 6.07) is 40.8. The van der Waals surface area contributed by atoms with Gasteiger partial charge in [0.15, 0.2) is 0 Å². The van der Waals surface area contributed by atoms with Crippen molar-refractivity contribution < 1.29 is 238 Å². The van der Waals surface area contributed by atoms with Gasteiger partial charge in [-0.3, -0.25) is 0 Å². The molecule has 19 heteroatoms. The molecule has 70 heavy (non-hydrogen) atoms. The number of carbonyl (C=O) groups excluding carboxylic acids is 3. The molecule has 4 N–H and O–H groups in total. The molecule has 3 aromatic heterocycles. The fourth-order valence-corrected chi connectivity index (χ4v) is 8.32. The van der Waals surface area contributed by atoms with Gasteiger partial charge in [-0.05, 0) is 77.9 Å². The molecule has 0 fully saturated rings. The Labute approximate surface area is 566 Å². The molecule has 8 aromatic rings. The Hall–Kier alpha value is -1.54. The molecule has 3 aliphatic heterocycles. The molecule has 0 saturated heterocycles. The van der Waals surface area contributed by atoms with Gasteiger partial charge >= 0.3 is 100 Å². The van der Waals surface area contributed by atoms with Crippen molar-refractivity contribution in [2.24, 2.45) is 0 Å². The topological polar surface area (TPSA) is 253 Å². The third-order valence-corrected chi connectivity index (χ3v) is 11.4. The summed E-state index contributed by atoms with van der Waals surface area (Å²) in [6.07, 6.45) is 0.111. The number of hydrogen-bond donors (Lipinski definition) is 0. The predicted molar refractivity (Wildman–Crippen MR) is 246 cm³/mol. The molecule has 328 valence electrons. The molecular formula is C51H41Ac2KN7NaO6Zn2. The average Bonchev–Trinajstić information content (AvgIpc) is 4.14. The summed E-state index contributed by atoms with van der Waals surface area (Å²) in [6.45, 7) is 10.2. The van der Waals surface area contributed by atoms with Gasteiger partial charge in [-0.15, -0.1) is 22.1 Å². The molecule has 8 bridgehead atoms. The standard InChI is InChI=1S/C40H28N4.C8H5NO2.C3H6O2.2Ac.K.N2.Na.2H2O.2Zn/c1-21-33-25-13-5-7-15-27(25)35(41-33)22(2)37-29-17-9-11-19-31(29)39(43-37)24(4)40-32-20-12-10-18-30(32)38(44-40)23(3)36-28-16-8-6-14-26(28)34(21)42-36;10-7-5-3-1-2-4-6(5)8(11)9-7;1-2-3(4)5;;;;1-2;;;;;/h5-20H,1-4H3;1-4H,(H,9,10,11);2H2,1H3,(H,4,5);;;;;;2*1H2;;/q-2;;;;;+1;;+1;;;;+2/p-2. The number of carboxylic acid groups (broad SMARTS) is 1. The number of aromatic nitrogens is 4. The van der Waals surface area contributed by atoms with Crippen LogP contribution in [-0.2, 0) is 43.8 Å². The summed E-state index contributed by atoms with van der Waals surface area (Å²) < 4.78 is 0. The minimum absolute atomic E-state index is 0. The Kier molecular flexibility index (Phi) is 29.5. The van der Waals surface area contributed by atoms with Crippen LogP contribution in [0.15, 0.2) is 121 Å². The number of carbonyl (C=O) groups is 3. The molecular weight excluding hydrogens is 1450 g/mol. The first-order valence-corrected chi connectivity index (χ1v) is 19.9. The van der Waals surface area contributed by atoms with Crippen molar-refractivity contribution >= 4 is 61.4 Å². The summed E-state index contributed by atoms with van der Waals surface area (Å²) in [5.74, 6) is -1.85. The normalized spacial score (nSPS) is 10.4. The quantitative estimate of drug-likeness (QED) is 0.132. The van der Waals surface area contributed by atoms with Gasteiger partial charge in [-0.25, -0.2) is 9.97 Å². The van der Waals surface area contributed by atoms with Crippen LogP contribution in [0.3, 0.4) is 0 Å². The van der Waals surface area contributed by atoms with Crippen LogP contribution in [0.5, 0.6) is 0 Å². The maximum absolute atomic E-state index is 10.9. The van der Waals surface area contributed by atoms with Gasteiger partial charge in [-0.2, -0.15) is 0 Å². The Balaban J connectivity index is 0.00000157. The number of aryl methyl sites for hydroxylation is 4. The van der Waals surface area contributed by atoms with Crippen LogP contribution in [0.1, 0.15) is 56.3 Å². The zero-order chi connectivity index (χ0) is 43.8. The SMILES string of the molecule is CCC(=O)[O-].Cc1c2nc(c(C)c3[n-]c(c(C)c4nc(c(C)c5[n-]c1c1ccccc51)-c1ccccc1-4)c1ccccc31)-c1ccccc1-2.N#N.O.O.O=C1[N-]C(=O)c2ccccc21.[Ac].[Ac].[K+].[Na+].[Zn+2].[Zn]. The summed E-state index contributed by atoms with van der Waals surface area (Å²) in [7, 11) is 0. The van der Waals surface area contributed by atoms with E-state index in [9.17, 15) is 19.5 Å². The van der Waals surface area contributed by atoms with Gasteiger partial charge in [0.1, 0.15) is 0 Å². The number of rotatable bonds is 1. The Morgan fingerprint density at radius 3 is 0.914 bits per heavy atom. The molecule has 0 saturated carbocycles. The maximum atomic E-state index is 10.9. The second-order valence-electron chi connectivity index (χ2n) is 14.9. The van der Waals surface area contributed by atoms with Crippen LogP contribution < -0.4 is 96.0 Å². The maximum Gasteiger partial charge on any atom is 2.00 e. The molecule has 0 spiro atoms. The number of hydrogen-bond acceptors (Lipinski definition) is 8. The van der Waals surface area contributed by atoms with Crippen LogP contribution >= 0.6 is 0 Å². The molecule has 2 radical (unpaired) electrons. The number of fused-ring (bicyclic) bond motifs is 21. The van der Waals surface area contributed by atoms with E-state index < -0.39 is 17.8 Å². The van der Waals surface area contributed by atoms with E-state index in [0.717, 1.165) is 111 Å². The zero-order valence-electron chi connectivity index (χ0n) is 40.1. The fraction of sp³-hybridized carbons (Fsp3) is 0.118. The van der Waals surface area contributed by atoms with Crippen molar-refractivity contribution in [1.29, 1.82) is 10.8 Å². The van der Waals surface area contributed by atoms with Crippen molar-refractivity contribution in [2.75, 3.05) is 0 Å². The van der Waals surface area contributed by atoms with Crippen LogP contribution in [0.4, 0.5) is 0 Å². The van der Waals surface area contributed by atoms with E-state index in [4.69, 9.17) is 30.7 Å². The van der Waals surface area contributed by atoms with Gasteiger partial charge in [0.2, 0.25) is 0 Å². The van der Waals surface area contributed by atoms with Gasteiger partial charge in [-0.1, -0.05) is 128 Å². The molecule has 3 aliphatic rings. The van der Waals surface area contributed by atoms with E-state index in [1.54, 1.807) is 24.3 Å². The van der Waals surface area contributed by atoms with E-state index in [1.807, 2.05) is 0 Å².